The van der Waals surface area contributed by atoms with Crippen molar-refractivity contribution in [2.75, 3.05) is 12.4 Å². The summed E-state index contributed by atoms with van der Waals surface area (Å²) < 4.78 is 18.7. The van der Waals surface area contributed by atoms with Crippen molar-refractivity contribution in [2.45, 2.75) is 12.3 Å². The summed E-state index contributed by atoms with van der Waals surface area (Å²) in [7, 11) is 1.46. The number of hydrogen-bond donors (Lipinski definition) is 0. The van der Waals surface area contributed by atoms with Gasteiger partial charge in [-0.15, -0.1) is 0 Å². The molecular weight excluding hydrogens is 343 g/mol. The third kappa shape index (κ3) is 3.53. The fraction of sp³-hybridized carbons (Fsp3) is 0.250. The minimum absolute atomic E-state index is 0.205. The summed E-state index contributed by atoms with van der Waals surface area (Å²) in [5, 5.41) is 1.51. The highest BCUT2D eigenvalue weighted by Crippen LogP contribution is 2.30. The Bertz CT molecular complexity index is 588. The zero-order chi connectivity index (χ0) is 14.5. The highest BCUT2D eigenvalue weighted by atomic mass is 79.9. The standard InChI is InChI=1S/C16H15BrClFO/c1-20-16-7-6-11(9-15(16)19)8-12(10-17)13-4-2-3-5-14(13)18/h2-7,9,12H,8,10H2,1H3. The molecule has 0 aromatic heterocycles. The SMILES string of the molecule is COc1ccc(CC(CBr)c2ccccc2Cl)cc1F. The molecule has 106 valence electrons. The number of rotatable bonds is 5. The van der Waals surface area contributed by atoms with Crippen LogP contribution in [0.1, 0.15) is 17.0 Å². The van der Waals surface area contributed by atoms with E-state index >= 15 is 0 Å². The molecule has 0 N–H and O–H groups in total. The highest BCUT2D eigenvalue weighted by molar-refractivity contribution is 9.09. The molecule has 0 spiro atoms. The van der Waals surface area contributed by atoms with Gasteiger partial charge in [-0.05, 0) is 41.7 Å². The van der Waals surface area contributed by atoms with Gasteiger partial charge in [-0.25, -0.2) is 4.39 Å². The van der Waals surface area contributed by atoms with Crippen molar-refractivity contribution >= 4 is 27.5 Å². The number of methoxy groups -OCH3 is 1. The van der Waals surface area contributed by atoms with Crippen LogP contribution in [-0.2, 0) is 6.42 Å². The maximum absolute atomic E-state index is 13.7. The average Bonchev–Trinajstić information content (AvgIpc) is 2.46. The molecule has 0 aliphatic rings. The Hall–Kier alpha value is -1.06. The van der Waals surface area contributed by atoms with Gasteiger partial charge in [-0.2, -0.15) is 0 Å². The molecule has 1 unspecified atom stereocenters. The van der Waals surface area contributed by atoms with E-state index < -0.39 is 0 Å². The lowest BCUT2D eigenvalue weighted by Crippen LogP contribution is -2.05. The van der Waals surface area contributed by atoms with E-state index in [2.05, 4.69) is 15.9 Å². The second kappa shape index (κ2) is 7.09. The summed E-state index contributed by atoms with van der Waals surface area (Å²) in [5.41, 5.74) is 2.00. The number of ether oxygens (including phenoxy) is 1. The monoisotopic (exact) mass is 356 g/mol. The number of halogens is 3. The summed E-state index contributed by atoms with van der Waals surface area (Å²) in [6.45, 7) is 0. The Labute approximate surface area is 131 Å². The van der Waals surface area contributed by atoms with Gasteiger partial charge in [0.25, 0.3) is 0 Å². The first-order valence-electron chi connectivity index (χ1n) is 6.28. The van der Waals surface area contributed by atoms with Gasteiger partial charge in [-0.3, -0.25) is 0 Å². The predicted octanol–water partition coefficient (Wildman–Crippen LogP) is 5.21. The van der Waals surface area contributed by atoms with Gasteiger partial charge in [0.05, 0.1) is 7.11 Å². The van der Waals surface area contributed by atoms with E-state index in [-0.39, 0.29) is 17.5 Å². The van der Waals surface area contributed by atoms with Crippen LogP contribution in [0.2, 0.25) is 5.02 Å². The second-order valence-corrected chi connectivity index (χ2v) is 5.60. The average molecular weight is 358 g/mol. The van der Waals surface area contributed by atoms with Gasteiger partial charge in [0.1, 0.15) is 0 Å². The lowest BCUT2D eigenvalue weighted by atomic mass is 9.93. The third-order valence-electron chi connectivity index (χ3n) is 3.23. The van der Waals surface area contributed by atoms with Crippen molar-refractivity contribution in [1.82, 2.24) is 0 Å². The van der Waals surface area contributed by atoms with Crippen molar-refractivity contribution in [3.8, 4) is 5.75 Å². The molecule has 20 heavy (non-hydrogen) atoms. The van der Waals surface area contributed by atoms with E-state index in [4.69, 9.17) is 16.3 Å². The maximum Gasteiger partial charge on any atom is 0.165 e. The fourth-order valence-corrected chi connectivity index (χ4v) is 3.04. The molecule has 0 aliphatic heterocycles. The molecule has 0 radical (unpaired) electrons. The van der Waals surface area contributed by atoms with Gasteiger partial charge in [0, 0.05) is 10.4 Å². The Balaban J connectivity index is 2.23. The summed E-state index contributed by atoms with van der Waals surface area (Å²) >= 11 is 9.74. The zero-order valence-electron chi connectivity index (χ0n) is 11.1. The Morgan fingerprint density at radius 1 is 1.25 bits per heavy atom. The van der Waals surface area contributed by atoms with Crippen molar-refractivity contribution in [2.24, 2.45) is 0 Å². The minimum Gasteiger partial charge on any atom is -0.494 e. The molecule has 0 saturated heterocycles. The molecule has 4 heteroatoms. The van der Waals surface area contributed by atoms with Gasteiger partial charge < -0.3 is 4.74 Å². The van der Waals surface area contributed by atoms with E-state index in [1.807, 2.05) is 30.3 Å². The largest absolute Gasteiger partial charge is 0.494 e. The summed E-state index contributed by atoms with van der Waals surface area (Å²) in [6.07, 6.45) is 0.718. The van der Waals surface area contributed by atoms with E-state index in [9.17, 15) is 4.39 Å². The quantitative estimate of drug-likeness (QED) is 0.668. The Kier molecular flexibility index (Phi) is 5.44. The lowest BCUT2D eigenvalue weighted by Gasteiger charge is -2.16. The molecule has 0 amide bonds. The van der Waals surface area contributed by atoms with Crippen molar-refractivity contribution in [3.05, 3.63) is 64.4 Å². The van der Waals surface area contributed by atoms with Crippen LogP contribution < -0.4 is 4.74 Å². The van der Waals surface area contributed by atoms with Crippen LogP contribution in [-0.4, -0.2) is 12.4 Å². The molecule has 0 aliphatic carbocycles. The molecule has 2 aromatic rings. The van der Waals surface area contributed by atoms with Crippen LogP contribution >= 0.6 is 27.5 Å². The first-order valence-corrected chi connectivity index (χ1v) is 7.78. The number of alkyl halides is 1. The van der Waals surface area contributed by atoms with Crippen LogP contribution in [0.25, 0.3) is 0 Å². The predicted molar refractivity (Wildman–Crippen MR) is 84.6 cm³/mol. The van der Waals surface area contributed by atoms with Crippen molar-refractivity contribution in [3.63, 3.8) is 0 Å². The third-order valence-corrected chi connectivity index (χ3v) is 4.36. The number of benzene rings is 2. The van der Waals surface area contributed by atoms with Crippen LogP contribution in [0.4, 0.5) is 4.39 Å². The summed E-state index contributed by atoms with van der Waals surface area (Å²) in [6, 6.07) is 12.8. The van der Waals surface area contributed by atoms with Crippen molar-refractivity contribution in [1.29, 1.82) is 0 Å². The molecule has 0 bridgehead atoms. The van der Waals surface area contributed by atoms with Crippen LogP contribution in [0, 0.1) is 5.82 Å². The zero-order valence-corrected chi connectivity index (χ0v) is 13.4. The highest BCUT2D eigenvalue weighted by Gasteiger charge is 2.15. The topological polar surface area (TPSA) is 9.23 Å². The Morgan fingerprint density at radius 2 is 2.00 bits per heavy atom. The maximum atomic E-state index is 13.7. The molecule has 2 aromatic carbocycles. The van der Waals surface area contributed by atoms with Crippen molar-refractivity contribution < 1.29 is 9.13 Å². The second-order valence-electron chi connectivity index (χ2n) is 4.55. The molecule has 1 atom stereocenters. The van der Waals surface area contributed by atoms with Gasteiger partial charge in [-0.1, -0.05) is 51.8 Å². The van der Waals surface area contributed by atoms with Crippen LogP contribution in [0.15, 0.2) is 42.5 Å². The smallest absolute Gasteiger partial charge is 0.165 e. The molecule has 0 heterocycles. The summed E-state index contributed by atoms with van der Waals surface area (Å²) in [5.74, 6) is 0.135. The van der Waals surface area contributed by atoms with E-state index in [0.29, 0.717) is 0 Å². The molecule has 0 saturated carbocycles. The van der Waals surface area contributed by atoms with Gasteiger partial charge in [0.2, 0.25) is 0 Å². The molecule has 0 fully saturated rings. The van der Waals surface area contributed by atoms with Gasteiger partial charge >= 0.3 is 0 Å². The first-order chi connectivity index (χ1) is 9.65. The molecule has 1 nitrogen and oxygen atoms in total. The molecule has 2 rings (SSSR count). The fourth-order valence-electron chi connectivity index (χ4n) is 2.18. The molecular formula is C16H15BrClFO. The summed E-state index contributed by atoms with van der Waals surface area (Å²) in [4.78, 5) is 0. The van der Waals surface area contributed by atoms with Crippen LogP contribution in [0.3, 0.4) is 0 Å². The van der Waals surface area contributed by atoms with Gasteiger partial charge in [0.15, 0.2) is 11.6 Å². The Morgan fingerprint density at radius 3 is 2.60 bits per heavy atom. The van der Waals surface area contributed by atoms with E-state index in [0.717, 1.165) is 27.9 Å². The van der Waals surface area contributed by atoms with E-state index in [1.54, 1.807) is 6.07 Å². The lowest BCUT2D eigenvalue weighted by molar-refractivity contribution is 0.386. The minimum atomic E-state index is -0.336. The first kappa shape index (κ1) is 15.3. The van der Waals surface area contributed by atoms with E-state index in [1.165, 1.54) is 13.2 Å². The normalized spacial score (nSPS) is 12.2. The number of hydrogen-bond acceptors (Lipinski definition) is 1. The van der Waals surface area contributed by atoms with Crippen LogP contribution in [0.5, 0.6) is 5.75 Å².